The van der Waals surface area contributed by atoms with E-state index in [2.05, 4.69) is 22.3 Å². The Kier molecular flexibility index (Phi) is 4.74. The third-order valence-electron chi connectivity index (χ3n) is 4.13. The first-order valence-corrected chi connectivity index (χ1v) is 7.68. The van der Waals surface area contributed by atoms with Gasteiger partial charge in [0.25, 0.3) is 0 Å². The number of hydrogen-bond acceptors (Lipinski definition) is 3. The molecule has 5 nitrogen and oxygen atoms in total. The molecule has 1 unspecified atom stereocenters. The van der Waals surface area contributed by atoms with Gasteiger partial charge in [0.15, 0.2) is 0 Å². The number of carbonyl (C=O) groups is 2. The molecule has 22 heavy (non-hydrogen) atoms. The van der Waals surface area contributed by atoms with Gasteiger partial charge in [-0.3, -0.25) is 9.59 Å². The van der Waals surface area contributed by atoms with Crippen molar-refractivity contribution < 1.29 is 14.7 Å². The highest BCUT2D eigenvalue weighted by atomic mass is 16.4. The molecule has 1 aliphatic heterocycles. The molecule has 1 atom stereocenters. The van der Waals surface area contributed by atoms with Gasteiger partial charge in [-0.15, -0.1) is 0 Å². The minimum absolute atomic E-state index is 0.231. The van der Waals surface area contributed by atoms with E-state index in [4.69, 9.17) is 5.11 Å². The third kappa shape index (κ3) is 3.59. The zero-order valence-corrected chi connectivity index (χ0v) is 13.4. The highest BCUT2D eigenvalue weighted by molar-refractivity contribution is 5.87. The van der Waals surface area contributed by atoms with Gasteiger partial charge in [-0.2, -0.15) is 0 Å². The first kappa shape index (κ1) is 16.3. The number of amides is 1. The number of fused-ring (bicyclic) bond motifs is 1. The second-order valence-corrected chi connectivity index (χ2v) is 6.57. The van der Waals surface area contributed by atoms with Gasteiger partial charge in [-0.05, 0) is 45.2 Å². The topological polar surface area (TPSA) is 69.6 Å². The van der Waals surface area contributed by atoms with E-state index in [0.29, 0.717) is 6.54 Å². The molecule has 0 aromatic heterocycles. The van der Waals surface area contributed by atoms with Gasteiger partial charge in [0, 0.05) is 18.8 Å². The lowest BCUT2D eigenvalue weighted by Gasteiger charge is -2.37. The molecule has 1 heterocycles. The summed E-state index contributed by atoms with van der Waals surface area (Å²) in [5, 5.41) is 11.5. The largest absolute Gasteiger partial charge is 0.480 e. The van der Waals surface area contributed by atoms with Crippen molar-refractivity contribution in [1.29, 1.82) is 0 Å². The first-order chi connectivity index (χ1) is 10.3. The van der Waals surface area contributed by atoms with Gasteiger partial charge in [-0.25, -0.2) is 0 Å². The first-order valence-electron chi connectivity index (χ1n) is 7.68. The maximum Gasteiger partial charge on any atom is 0.325 e. The predicted molar refractivity (Wildman–Crippen MR) is 86.0 cm³/mol. The van der Waals surface area contributed by atoms with E-state index < -0.39 is 17.4 Å². The third-order valence-corrected chi connectivity index (χ3v) is 4.13. The van der Waals surface area contributed by atoms with Crippen LogP contribution in [-0.4, -0.2) is 36.1 Å². The van der Waals surface area contributed by atoms with Crippen molar-refractivity contribution in [3.63, 3.8) is 0 Å². The second kappa shape index (κ2) is 6.38. The van der Waals surface area contributed by atoms with Crippen LogP contribution in [-0.2, 0) is 16.0 Å². The molecule has 0 bridgehead atoms. The Morgan fingerprint density at radius 3 is 2.73 bits per heavy atom. The fourth-order valence-corrected chi connectivity index (χ4v) is 2.78. The summed E-state index contributed by atoms with van der Waals surface area (Å²) in [6, 6.07) is 7.38. The predicted octanol–water partition coefficient (Wildman–Crippen LogP) is 2.05. The minimum atomic E-state index is -1.02. The highest BCUT2D eigenvalue weighted by Crippen LogP contribution is 2.30. The van der Waals surface area contributed by atoms with E-state index in [-0.39, 0.29) is 5.91 Å². The zero-order chi connectivity index (χ0) is 16.3. The molecule has 0 fully saturated rings. The summed E-state index contributed by atoms with van der Waals surface area (Å²) in [7, 11) is 0. The van der Waals surface area contributed by atoms with Crippen LogP contribution in [0.1, 0.15) is 32.8 Å². The van der Waals surface area contributed by atoms with Crippen LogP contribution in [0.4, 0.5) is 5.69 Å². The minimum Gasteiger partial charge on any atom is -0.480 e. The van der Waals surface area contributed by atoms with E-state index >= 15 is 0 Å². The van der Waals surface area contributed by atoms with Gasteiger partial charge in [0.05, 0.1) is 5.41 Å². The SMILES string of the molecule is CC(NC(=O)C(C)(C)CN1CCCc2ccccc21)C(=O)O. The Balaban J connectivity index is 2.09. The zero-order valence-electron chi connectivity index (χ0n) is 13.4. The number of carbonyl (C=O) groups excluding carboxylic acids is 1. The van der Waals surface area contributed by atoms with Crippen LogP contribution in [0.5, 0.6) is 0 Å². The van der Waals surface area contributed by atoms with Crippen LogP contribution in [0.15, 0.2) is 24.3 Å². The summed E-state index contributed by atoms with van der Waals surface area (Å²) in [5.74, 6) is -1.25. The molecule has 120 valence electrons. The van der Waals surface area contributed by atoms with Crippen LogP contribution in [0.25, 0.3) is 0 Å². The summed E-state index contributed by atoms with van der Waals surface area (Å²) >= 11 is 0. The molecule has 2 N–H and O–H groups in total. The smallest absolute Gasteiger partial charge is 0.325 e. The number of carboxylic acids is 1. The fraction of sp³-hybridized carbons (Fsp3) is 0.529. The van der Waals surface area contributed by atoms with Crippen LogP contribution < -0.4 is 10.2 Å². The molecule has 1 amide bonds. The van der Waals surface area contributed by atoms with Crippen molar-refractivity contribution in [3.05, 3.63) is 29.8 Å². The van der Waals surface area contributed by atoms with E-state index in [9.17, 15) is 9.59 Å². The molecule has 1 aliphatic rings. The summed E-state index contributed by atoms with van der Waals surface area (Å²) in [6.07, 6.45) is 2.13. The molecular weight excluding hydrogens is 280 g/mol. The average Bonchev–Trinajstić information content (AvgIpc) is 2.47. The highest BCUT2D eigenvalue weighted by Gasteiger charge is 2.33. The van der Waals surface area contributed by atoms with Crippen LogP contribution >= 0.6 is 0 Å². The Bertz CT molecular complexity index is 569. The van der Waals surface area contributed by atoms with Gasteiger partial charge in [-0.1, -0.05) is 18.2 Å². The number of aliphatic carboxylic acids is 1. The van der Waals surface area contributed by atoms with Gasteiger partial charge in [0.1, 0.15) is 6.04 Å². The van der Waals surface area contributed by atoms with Crippen molar-refractivity contribution in [1.82, 2.24) is 5.32 Å². The molecule has 0 spiro atoms. The van der Waals surface area contributed by atoms with E-state index in [1.807, 2.05) is 26.0 Å². The molecule has 5 heteroatoms. The second-order valence-electron chi connectivity index (χ2n) is 6.57. The maximum atomic E-state index is 12.4. The summed E-state index contributed by atoms with van der Waals surface area (Å²) in [4.78, 5) is 25.5. The molecule has 1 aromatic rings. The Morgan fingerprint density at radius 2 is 2.05 bits per heavy atom. The summed E-state index contributed by atoms with van der Waals surface area (Å²) in [5.41, 5.74) is 1.83. The number of rotatable bonds is 5. The van der Waals surface area contributed by atoms with Gasteiger partial charge in [0.2, 0.25) is 5.91 Å². The maximum absolute atomic E-state index is 12.4. The monoisotopic (exact) mass is 304 g/mol. The molecule has 0 saturated carbocycles. The molecule has 2 rings (SSSR count). The van der Waals surface area contributed by atoms with E-state index in [0.717, 1.165) is 19.4 Å². The van der Waals surface area contributed by atoms with Crippen molar-refractivity contribution in [2.24, 2.45) is 5.41 Å². The lowest BCUT2D eigenvalue weighted by atomic mass is 9.89. The van der Waals surface area contributed by atoms with Gasteiger partial charge < -0.3 is 15.3 Å². The molecule has 1 aromatic carbocycles. The van der Waals surface area contributed by atoms with Crippen molar-refractivity contribution in [3.8, 4) is 0 Å². The van der Waals surface area contributed by atoms with Crippen molar-refractivity contribution in [2.45, 2.75) is 39.7 Å². The molecule has 0 radical (unpaired) electrons. The number of hydrogen-bond donors (Lipinski definition) is 2. The Labute approximate surface area is 131 Å². The lowest BCUT2D eigenvalue weighted by Crippen LogP contribution is -2.50. The normalized spacial score (nSPS) is 15.9. The number of anilines is 1. The van der Waals surface area contributed by atoms with Gasteiger partial charge >= 0.3 is 5.97 Å². The van der Waals surface area contributed by atoms with Crippen LogP contribution in [0, 0.1) is 5.41 Å². The molecule has 0 aliphatic carbocycles. The number of carboxylic acid groups (broad SMARTS) is 1. The quantitative estimate of drug-likeness (QED) is 0.873. The van der Waals surface area contributed by atoms with E-state index in [1.165, 1.54) is 18.2 Å². The van der Waals surface area contributed by atoms with Crippen molar-refractivity contribution >= 4 is 17.6 Å². The Morgan fingerprint density at radius 1 is 1.36 bits per heavy atom. The molecule has 0 saturated heterocycles. The number of aryl methyl sites for hydroxylation is 1. The summed E-state index contributed by atoms with van der Waals surface area (Å²) < 4.78 is 0. The van der Waals surface area contributed by atoms with E-state index in [1.54, 1.807) is 0 Å². The average molecular weight is 304 g/mol. The number of nitrogens with zero attached hydrogens (tertiary/aromatic N) is 1. The van der Waals surface area contributed by atoms with Crippen LogP contribution in [0.2, 0.25) is 0 Å². The lowest BCUT2D eigenvalue weighted by molar-refractivity contribution is -0.142. The molecular formula is C17H24N2O3. The Hall–Kier alpha value is -2.04. The van der Waals surface area contributed by atoms with Crippen LogP contribution in [0.3, 0.4) is 0 Å². The standard InChI is InChI=1S/C17H24N2O3/c1-12(15(20)21)18-16(22)17(2,3)11-19-10-6-8-13-7-4-5-9-14(13)19/h4-5,7,9,12H,6,8,10-11H2,1-3H3,(H,18,22)(H,20,21). The number of nitrogens with one attached hydrogen (secondary N) is 1. The van der Waals surface area contributed by atoms with Crippen molar-refractivity contribution in [2.75, 3.05) is 18.0 Å². The summed E-state index contributed by atoms with van der Waals surface area (Å²) in [6.45, 7) is 6.68. The fourth-order valence-electron chi connectivity index (χ4n) is 2.78. The number of benzene rings is 1. The number of para-hydroxylation sites is 1.